The molecule has 0 radical (unpaired) electrons. The van der Waals surface area contributed by atoms with Crippen molar-refractivity contribution in [2.75, 3.05) is 19.7 Å². The summed E-state index contributed by atoms with van der Waals surface area (Å²) in [7, 11) is 1.83. The maximum atomic E-state index is 12.9. The maximum absolute atomic E-state index is 12.9. The van der Waals surface area contributed by atoms with Crippen LogP contribution < -0.4 is 4.74 Å². The molecule has 4 aromatic rings. The van der Waals surface area contributed by atoms with E-state index in [2.05, 4.69) is 15.1 Å². The Morgan fingerprint density at radius 1 is 1.26 bits per heavy atom. The number of amides is 1. The van der Waals surface area contributed by atoms with Crippen molar-refractivity contribution in [2.24, 2.45) is 7.05 Å². The van der Waals surface area contributed by atoms with Crippen LogP contribution in [0.4, 0.5) is 0 Å². The van der Waals surface area contributed by atoms with Gasteiger partial charge in [0.25, 0.3) is 5.91 Å². The topological polar surface area (TPSA) is 86.3 Å². The number of hydrogen-bond acceptors (Lipinski definition) is 6. The third kappa shape index (κ3) is 3.62. The van der Waals surface area contributed by atoms with Gasteiger partial charge in [0.05, 0.1) is 11.3 Å². The molecule has 8 nitrogen and oxygen atoms in total. The first-order chi connectivity index (χ1) is 15.0. The summed E-state index contributed by atoms with van der Waals surface area (Å²) >= 11 is 0. The highest BCUT2D eigenvalue weighted by atomic mass is 16.5. The number of benzene rings is 1. The summed E-state index contributed by atoms with van der Waals surface area (Å²) in [4.78, 5) is 23.9. The van der Waals surface area contributed by atoms with E-state index < -0.39 is 0 Å². The average Bonchev–Trinajstić information content (AvgIpc) is 3.33. The van der Waals surface area contributed by atoms with Crippen molar-refractivity contribution >= 4 is 28.0 Å². The largest absolute Gasteiger partial charge is 0.466 e. The smallest absolute Gasteiger partial charge is 0.260 e. The molecule has 4 heterocycles. The Morgan fingerprint density at radius 2 is 2.10 bits per heavy atom. The first kappa shape index (κ1) is 19.5. The number of hydrogen-bond donors (Lipinski definition) is 0. The van der Waals surface area contributed by atoms with Gasteiger partial charge in [0.1, 0.15) is 5.52 Å². The zero-order valence-corrected chi connectivity index (χ0v) is 18.0. The van der Waals surface area contributed by atoms with Crippen LogP contribution in [0.25, 0.3) is 22.1 Å². The number of carbonyl (C=O) groups excluding carboxylic acids is 1. The fourth-order valence-corrected chi connectivity index (χ4v) is 4.34. The summed E-state index contributed by atoms with van der Waals surface area (Å²) < 4.78 is 13.5. The molecule has 1 unspecified atom stereocenters. The molecular formula is C23H25N5O3. The van der Waals surface area contributed by atoms with Crippen LogP contribution in [0.1, 0.15) is 35.9 Å². The molecule has 5 rings (SSSR count). The zero-order valence-electron chi connectivity index (χ0n) is 18.0. The first-order valence-electron chi connectivity index (χ1n) is 10.6. The van der Waals surface area contributed by atoms with Gasteiger partial charge in [-0.3, -0.25) is 4.79 Å². The highest BCUT2D eigenvalue weighted by Gasteiger charge is 2.28. The summed E-state index contributed by atoms with van der Waals surface area (Å²) in [6, 6.07) is 9.74. The summed E-state index contributed by atoms with van der Waals surface area (Å²) in [6.45, 7) is 5.19. The molecule has 0 aliphatic carbocycles. The second-order valence-corrected chi connectivity index (χ2v) is 8.20. The number of carbonyl (C=O) groups is 1. The Balaban J connectivity index is 1.29. The lowest BCUT2D eigenvalue weighted by Crippen LogP contribution is -2.41. The lowest BCUT2D eigenvalue weighted by Gasteiger charge is -2.31. The van der Waals surface area contributed by atoms with E-state index in [4.69, 9.17) is 9.15 Å². The van der Waals surface area contributed by atoms with Crippen LogP contribution in [0.5, 0.6) is 5.88 Å². The van der Waals surface area contributed by atoms with E-state index in [1.54, 1.807) is 4.68 Å². The molecule has 1 atom stereocenters. The number of rotatable bonds is 4. The second-order valence-electron chi connectivity index (χ2n) is 8.20. The number of fused-ring (bicyclic) bond motifs is 2. The highest BCUT2D eigenvalue weighted by molar-refractivity contribution is 5.86. The molecule has 0 spiro atoms. The number of piperidine rings is 1. The van der Waals surface area contributed by atoms with Crippen LogP contribution >= 0.6 is 0 Å². The Labute approximate surface area is 179 Å². The van der Waals surface area contributed by atoms with Gasteiger partial charge >= 0.3 is 0 Å². The molecule has 1 fully saturated rings. The summed E-state index contributed by atoms with van der Waals surface area (Å²) in [5, 5.41) is 5.28. The molecule has 8 heteroatoms. The summed E-state index contributed by atoms with van der Waals surface area (Å²) in [5.74, 6) is 1.18. The van der Waals surface area contributed by atoms with E-state index in [0.29, 0.717) is 24.9 Å². The molecule has 0 N–H and O–H groups in total. The first-order valence-corrected chi connectivity index (χ1v) is 10.6. The molecule has 3 aromatic heterocycles. The highest BCUT2D eigenvalue weighted by Crippen LogP contribution is 2.30. The van der Waals surface area contributed by atoms with E-state index in [9.17, 15) is 4.79 Å². The molecule has 1 aliphatic heterocycles. The maximum Gasteiger partial charge on any atom is 0.260 e. The molecular weight excluding hydrogens is 394 g/mol. The van der Waals surface area contributed by atoms with E-state index in [1.165, 1.54) is 0 Å². The lowest BCUT2D eigenvalue weighted by molar-refractivity contribution is -0.134. The third-order valence-electron chi connectivity index (χ3n) is 5.85. The van der Waals surface area contributed by atoms with Crippen molar-refractivity contribution in [3.8, 4) is 5.88 Å². The van der Waals surface area contributed by atoms with Gasteiger partial charge in [-0.2, -0.15) is 0 Å². The SMILES string of the molecule is Cc1cc(C)c2c(OCC(=O)N3CCCC(c4nc5ccccc5o4)C3)nn(C)c2n1. The van der Waals surface area contributed by atoms with Crippen molar-refractivity contribution in [2.45, 2.75) is 32.6 Å². The van der Waals surface area contributed by atoms with Crippen LogP contribution in [0.3, 0.4) is 0 Å². The normalized spacial score (nSPS) is 16.9. The van der Waals surface area contributed by atoms with Gasteiger partial charge in [-0.1, -0.05) is 12.1 Å². The number of aromatic nitrogens is 4. The minimum Gasteiger partial charge on any atom is -0.466 e. The van der Waals surface area contributed by atoms with Crippen molar-refractivity contribution in [1.82, 2.24) is 24.6 Å². The molecule has 1 saturated heterocycles. The molecule has 1 aromatic carbocycles. The second kappa shape index (κ2) is 7.68. The van der Waals surface area contributed by atoms with Gasteiger partial charge in [0.15, 0.2) is 23.7 Å². The standard InChI is InChI=1S/C23H25N5O3/c1-14-11-15(2)24-21-20(14)23(26-27(21)3)30-13-19(29)28-10-6-7-16(12-28)22-25-17-8-4-5-9-18(17)31-22/h4-5,8-9,11,16H,6-7,10,12-13H2,1-3H3. The van der Waals surface area contributed by atoms with E-state index >= 15 is 0 Å². The van der Waals surface area contributed by atoms with Gasteiger partial charge in [0.2, 0.25) is 5.88 Å². The Kier molecular flexibility index (Phi) is 4.84. The number of ether oxygens (including phenoxy) is 1. The quantitative estimate of drug-likeness (QED) is 0.503. The lowest BCUT2D eigenvalue weighted by atomic mass is 9.98. The van der Waals surface area contributed by atoms with Gasteiger partial charge < -0.3 is 14.1 Å². The van der Waals surface area contributed by atoms with E-state index in [-0.39, 0.29) is 18.4 Å². The number of pyridine rings is 1. The zero-order chi connectivity index (χ0) is 21.5. The van der Waals surface area contributed by atoms with Crippen molar-refractivity contribution in [3.05, 3.63) is 47.5 Å². The Hall–Kier alpha value is -3.42. The molecule has 1 amide bonds. The molecule has 0 saturated carbocycles. The van der Waals surface area contributed by atoms with Gasteiger partial charge in [-0.15, -0.1) is 5.10 Å². The minimum atomic E-state index is -0.0580. The van der Waals surface area contributed by atoms with Gasteiger partial charge in [0, 0.05) is 25.8 Å². The van der Waals surface area contributed by atoms with Crippen LogP contribution in [0.15, 0.2) is 34.7 Å². The monoisotopic (exact) mass is 419 g/mol. The molecule has 1 aliphatic rings. The Morgan fingerprint density at radius 3 is 2.94 bits per heavy atom. The predicted molar refractivity (Wildman–Crippen MR) is 116 cm³/mol. The van der Waals surface area contributed by atoms with Crippen LogP contribution in [0, 0.1) is 13.8 Å². The number of likely N-dealkylation sites (tertiary alicyclic amines) is 1. The van der Waals surface area contributed by atoms with Crippen molar-refractivity contribution in [3.63, 3.8) is 0 Å². The van der Waals surface area contributed by atoms with Crippen LogP contribution in [0.2, 0.25) is 0 Å². The Bertz CT molecular complexity index is 1240. The number of oxazole rings is 1. The van der Waals surface area contributed by atoms with Gasteiger partial charge in [-0.05, 0) is 50.5 Å². The summed E-state index contributed by atoms with van der Waals surface area (Å²) in [6.07, 6.45) is 1.86. The van der Waals surface area contributed by atoms with Crippen molar-refractivity contribution < 1.29 is 13.9 Å². The predicted octanol–water partition coefficient (Wildman–Crippen LogP) is 3.51. The number of para-hydroxylation sites is 2. The summed E-state index contributed by atoms with van der Waals surface area (Å²) in [5.41, 5.74) is 4.35. The number of nitrogens with zero attached hydrogens (tertiary/aromatic N) is 5. The number of aryl methyl sites for hydroxylation is 3. The fourth-order valence-electron chi connectivity index (χ4n) is 4.34. The molecule has 160 valence electrons. The van der Waals surface area contributed by atoms with Gasteiger partial charge in [-0.25, -0.2) is 14.6 Å². The third-order valence-corrected chi connectivity index (χ3v) is 5.85. The fraction of sp³-hybridized carbons (Fsp3) is 0.391. The molecule has 0 bridgehead atoms. The van der Waals surface area contributed by atoms with E-state index in [0.717, 1.165) is 46.2 Å². The van der Waals surface area contributed by atoms with E-state index in [1.807, 2.05) is 56.1 Å². The van der Waals surface area contributed by atoms with Crippen LogP contribution in [-0.4, -0.2) is 50.3 Å². The average molecular weight is 419 g/mol. The van der Waals surface area contributed by atoms with Crippen LogP contribution in [-0.2, 0) is 11.8 Å². The van der Waals surface area contributed by atoms with Crippen molar-refractivity contribution in [1.29, 1.82) is 0 Å². The minimum absolute atomic E-state index is 0.0558. The molecule has 31 heavy (non-hydrogen) atoms.